The third-order valence-corrected chi connectivity index (χ3v) is 3.51. The summed E-state index contributed by atoms with van der Waals surface area (Å²) in [7, 11) is 0. The van der Waals surface area contributed by atoms with Crippen LogP contribution in [0.2, 0.25) is 0 Å². The van der Waals surface area contributed by atoms with Crippen molar-refractivity contribution >= 4 is 0 Å². The van der Waals surface area contributed by atoms with Gasteiger partial charge in [-0.15, -0.1) is 0 Å². The predicted octanol–water partition coefficient (Wildman–Crippen LogP) is 0.0510. The van der Waals surface area contributed by atoms with E-state index in [1.54, 1.807) is 0 Å². The molecule has 2 N–H and O–H groups in total. The van der Waals surface area contributed by atoms with Gasteiger partial charge in [-0.05, 0) is 18.9 Å². The van der Waals surface area contributed by atoms with Gasteiger partial charge >= 0.3 is 0 Å². The van der Waals surface area contributed by atoms with E-state index >= 15 is 0 Å². The van der Waals surface area contributed by atoms with Crippen molar-refractivity contribution < 1.29 is 5.11 Å². The SMILES string of the molecule is CCC1CCN(C2CNCC2O)C1. The van der Waals surface area contributed by atoms with Crippen LogP contribution in [0.4, 0.5) is 0 Å². The number of hydrogen-bond acceptors (Lipinski definition) is 3. The lowest BCUT2D eigenvalue weighted by Gasteiger charge is -2.25. The Morgan fingerprint density at radius 3 is 2.85 bits per heavy atom. The molecule has 13 heavy (non-hydrogen) atoms. The van der Waals surface area contributed by atoms with Gasteiger partial charge in [0.2, 0.25) is 0 Å². The van der Waals surface area contributed by atoms with Gasteiger partial charge in [0.1, 0.15) is 0 Å². The summed E-state index contributed by atoms with van der Waals surface area (Å²) in [5.74, 6) is 0.868. The van der Waals surface area contributed by atoms with Gasteiger partial charge in [0.25, 0.3) is 0 Å². The maximum Gasteiger partial charge on any atom is 0.0831 e. The molecule has 0 radical (unpaired) electrons. The molecule has 0 aromatic rings. The van der Waals surface area contributed by atoms with Crippen LogP contribution in [0.1, 0.15) is 19.8 Å². The van der Waals surface area contributed by atoms with Crippen molar-refractivity contribution in [3.8, 4) is 0 Å². The molecule has 2 fully saturated rings. The quantitative estimate of drug-likeness (QED) is 0.636. The van der Waals surface area contributed by atoms with Crippen LogP contribution in [0, 0.1) is 5.92 Å². The fourth-order valence-electron chi connectivity index (χ4n) is 2.52. The van der Waals surface area contributed by atoms with Crippen molar-refractivity contribution in [1.82, 2.24) is 10.2 Å². The Kier molecular flexibility index (Phi) is 2.86. The summed E-state index contributed by atoms with van der Waals surface area (Å²) >= 11 is 0. The predicted molar refractivity (Wildman–Crippen MR) is 52.6 cm³/mol. The van der Waals surface area contributed by atoms with E-state index in [-0.39, 0.29) is 6.10 Å². The minimum absolute atomic E-state index is 0.143. The van der Waals surface area contributed by atoms with E-state index in [2.05, 4.69) is 17.1 Å². The van der Waals surface area contributed by atoms with E-state index in [4.69, 9.17) is 0 Å². The van der Waals surface area contributed by atoms with E-state index in [0.717, 1.165) is 19.0 Å². The normalized spacial score (nSPS) is 41.5. The molecule has 2 aliphatic heterocycles. The molecule has 2 saturated heterocycles. The smallest absolute Gasteiger partial charge is 0.0831 e. The van der Waals surface area contributed by atoms with Gasteiger partial charge in [0, 0.05) is 25.7 Å². The van der Waals surface area contributed by atoms with E-state index in [1.807, 2.05) is 0 Å². The molecule has 76 valence electrons. The summed E-state index contributed by atoms with van der Waals surface area (Å²) in [6.07, 6.45) is 2.46. The summed E-state index contributed by atoms with van der Waals surface area (Å²) in [6.45, 7) is 6.38. The molecule has 0 saturated carbocycles. The van der Waals surface area contributed by atoms with Gasteiger partial charge in [-0.2, -0.15) is 0 Å². The van der Waals surface area contributed by atoms with Crippen molar-refractivity contribution in [3.05, 3.63) is 0 Å². The summed E-state index contributed by atoms with van der Waals surface area (Å²) in [6, 6.07) is 0.386. The monoisotopic (exact) mass is 184 g/mol. The lowest BCUT2D eigenvalue weighted by molar-refractivity contribution is 0.0960. The van der Waals surface area contributed by atoms with Gasteiger partial charge in [0.15, 0.2) is 0 Å². The minimum Gasteiger partial charge on any atom is -0.390 e. The lowest BCUT2D eigenvalue weighted by Crippen LogP contribution is -2.41. The minimum atomic E-state index is -0.143. The van der Waals surface area contributed by atoms with Crippen LogP contribution < -0.4 is 5.32 Å². The van der Waals surface area contributed by atoms with E-state index in [1.165, 1.54) is 25.9 Å². The Labute approximate surface area is 80.1 Å². The van der Waals surface area contributed by atoms with E-state index < -0.39 is 0 Å². The highest BCUT2D eigenvalue weighted by atomic mass is 16.3. The van der Waals surface area contributed by atoms with Gasteiger partial charge in [-0.25, -0.2) is 0 Å². The standard InChI is InChI=1S/C10H20N2O/c1-2-8-3-4-12(7-8)9-5-11-6-10(9)13/h8-11,13H,2-7H2,1H3. The molecule has 2 heterocycles. The zero-order valence-corrected chi connectivity index (χ0v) is 8.37. The number of β-amino-alcohol motifs (C(OH)–C–C–N with tert-alkyl or cyclic N) is 1. The number of aliphatic hydroxyl groups is 1. The van der Waals surface area contributed by atoms with Crippen LogP contribution in [0.3, 0.4) is 0 Å². The largest absolute Gasteiger partial charge is 0.390 e. The first-order valence-corrected chi connectivity index (χ1v) is 5.44. The van der Waals surface area contributed by atoms with Crippen molar-refractivity contribution in [3.63, 3.8) is 0 Å². The summed E-state index contributed by atoms with van der Waals surface area (Å²) in [4.78, 5) is 2.46. The van der Waals surface area contributed by atoms with E-state index in [0.29, 0.717) is 6.04 Å². The maximum atomic E-state index is 9.70. The zero-order chi connectivity index (χ0) is 9.26. The van der Waals surface area contributed by atoms with Crippen LogP contribution in [0.15, 0.2) is 0 Å². The summed E-state index contributed by atoms with van der Waals surface area (Å²) < 4.78 is 0. The molecule has 0 aliphatic carbocycles. The molecule has 0 aromatic heterocycles. The Morgan fingerprint density at radius 2 is 2.31 bits per heavy atom. The molecule has 2 rings (SSSR count). The zero-order valence-electron chi connectivity index (χ0n) is 8.37. The van der Waals surface area contributed by atoms with Crippen molar-refractivity contribution in [2.45, 2.75) is 31.9 Å². The molecule has 0 bridgehead atoms. The lowest BCUT2D eigenvalue weighted by atomic mass is 10.1. The first kappa shape index (κ1) is 9.44. The third kappa shape index (κ3) is 1.87. The molecular weight excluding hydrogens is 164 g/mol. The Morgan fingerprint density at radius 1 is 1.46 bits per heavy atom. The highest BCUT2D eigenvalue weighted by Gasteiger charge is 2.34. The Balaban J connectivity index is 1.88. The number of nitrogens with zero attached hydrogens (tertiary/aromatic N) is 1. The third-order valence-electron chi connectivity index (χ3n) is 3.51. The second-order valence-corrected chi connectivity index (χ2v) is 4.35. The summed E-state index contributed by atoms with van der Waals surface area (Å²) in [5.41, 5.74) is 0. The molecule has 0 aromatic carbocycles. The second kappa shape index (κ2) is 3.95. The summed E-state index contributed by atoms with van der Waals surface area (Å²) in [5, 5.41) is 12.9. The molecule has 0 amide bonds. The Bertz CT molecular complexity index is 174. The van der Waals surface area contributed by atoms with Gasteiger partial charge in [-0.3, -0.25) is 4.90 Å². The first-order valence-electron chi connectivity index (χ1n) is 5.44. The number of hydrogen-bond donors (Lipinski definition) is 2. The number of aliphatic hydroxyl groups excluding tert-OH is 1. The fourth-order valence-corrected chi connectivity index (χ4v) is 2.52. The van der Waals surface area contributed by atoms with Crippen LogP contribution >= 0.6 is 0 Å². The highest BCUT2D eigenvalue weighted by molar-refractivity contribution is 4.91. The van der Waals surface area contributed by atoms with Crippen LogP contribution in [-0.4, -0.2) is 48.3 Å². The average Bonchev–Trinajstić information content (AvgIpc) is 2.71. The van der Waals surface area contributed by atoms with Gasteiger partial charge in [0.05, 0.1) is 6.10 Å². The molecular formula is C10H20N2O. The molecule has 3 atom stereocenters. The van der Waals surface area contributed by atoms with Crippen LogP contribution in [0.25, 0.3) is 0 Å². The number of rotatable bonds is 2. The topological polar surface area (TPSA) is 35.5 Å². The average molecular weight is 184 g/mol. The number of nitrogens with one attached hydrogen (secondary N) is 1. The Hall–Kier alpha value is -0.120. The second-order valence-electron chi connectivity index (χ2n) is 4.35. The van der Waals surface area contributed by atoms with Crippen molar-refractivity contribution in [1.29, 1.82) is 0 Å². The molecule has 3 heteroatoms. The van der Waals surface area contributed by atoms with Crippen molar-refractivity contribution in [2.24, 2.45) is 5.92 Å². The van der Waals surface area contributed by atoms with E-state index in [9.17, 15) is 5.11 Å². The van der Waals surface area contributed by atoms with Gasteiger partial charge < -0.3 is 10.4 Å². The fraction of sp³-hybridized carbons (Fsp3) is 1.00. The number of likely N-dealkylation sites (tertiary alicyclic amines) is 1. The van der Waals surface area contributed by atoms with Crippen molar-refractivity contribution in [2.75, 3.05) is 26.2 Å². The molecule has 3 nitrogen and oxygen atoms in total. The van der Waals surface area contributed by atoms with Gasteiger partial charge in [-0.1, -0.05) is 13.3 Å². The maximum absolute atomic E-state index is 9.70. The highest BCUT2D eigenvalue weighted by Crippen LogP contribution is 2.23. The molecule has 0 spiro atoms. The molecule has 3 unspecified atom stereocenters. The van der Waals surface area contributed by atoms with Crippen LogP contribution in [-0.2, 0) is 0 Å². The molecule has 2 aliphatic rings. The first-order chi connectivity index (χ1) is 6.31. The van der Waals surface area contributed by atoms with Crippen LogP contribution in [0.5, 0.6) is 0 Å².